The van der Waals surface area contributed by atoms with Gasteiger partial charge in [-0.3, -0.25) is 4.79 Å². The summed E-state index contributed by atoms with van der Waals surface area (Å²) < 4.78 is 16.0. The van der Waals surface area contributed by atoms with Gasteiger partial charge < -0.3 is 5.32 Å². The van der Waals surface area contributed by atoms with Crippen molar-refractivity contribution in [3.8, 4) is 5.69 Å². The van der Waals surface area contributed by atoms with Crippen LogP contribution >= 0.6 is 0 Å². The summed E-state index contributed by atoms with van der Waals surface area (Å²) in [4.78, 5) is 16.9. The molecular weight excluding hydrogens is 355 g/mol. The lowest BCUT2D eigenvalue weighted by Crippen LogP contribution is -2.20. The van der Waals surface area contributed by atoms with Crippen molar-refractivity contribution >= 4 is 22.6 Å². The SMILES string of the molecule is CC1CCC(C(=O)Nc2ccc(F)c(-n3cc4cc(C(C)C)cnc4n3)c2)C1. The molecule has 0 radical (unpaired) electrons. The van der Waals surface area contributed by atoms with Crippen LogP contribution in [0.4, 0.5) is 10.1 Å². The van der Waals surface area contributed by atoms with Gasteiger partial charge in [-0.15, -0.1) is 5.10 Å². The average Bonchev–Trinajstić information content (AvgIpc) is 3.28. The Morgan fingerprint density at radius 1 is 1.29 bits per heavy atom. The highest BCUT2D eigenvalue weighted by atomic mass is 19.1. The van der Waals surface area contributed by atoms with Crippen molar-refractivity contribution in [1.29, 1.82) is 0 Å². The number of hydrogen-bond donors (Lipinski definition) is 1. The van der Waals surface area contributed by atoms with Gasteiger partial charge in [-0.05, 0) is 60.9 Å². The number of anilines is 1. The van der Waals surface area contributed by atoms with Gasteiger partial charge in [0, 0.05) is 29.4 Å². The van der Waals surface area contributed by atoms with Crippen molar-refractivity contribution in [3.63, 3.8) is 0 Å². The molecule has 0 spiro atoms. The van der Waals surface area contributed by atoms with Crippen LogP contribution in [0, 0.1) is 17.7 Å². The summed E-state index contributed by atoms with van der Waals surface area (Å²) in [6, 6.07) is 6.61. The molecule has 1 N–H and O–H groups in total. The van der Waals surface area contributed by atoms with Gasteiger partial charge in [0.05, 0.1) is 0 Å². The Kier molecular flexibility index (Phi) is 4.87. The summed E-state index contributed by atoms with van der Waals surface area (Å²) in [7, 11) is 0. The van der Waals surface area contributed by atoms with E-state index in [0.717, 1.165) is 30.2 Å². The van der Waals surface area contributed by atoms with E-state index in [2.05, 4.69) is 36.2 Å². The molecule has 2 heterocycles. The predicted molar refractivity (Wildman–Crippen MR) is 108 cm³/mol. The third kappa shape index (κ3) is 3.63. The highest BCUT2D eigenvalue weighted by Crippen LogP contribution is 2.31. The number of rotatable bonds is 4. The van der Waals surface area contributed by atoms with Crippen LogP contribution in [0.2, 0.25) is 0 Å². The number of pyridine rings is 1. The van der Waals surface area contributed by atoms with E-state index in [9.17, 15) is 9.18 Å². The van der Waals surface area contributed by atoms with Crippen LogP contribution in [0.25, 0.3) is 16.7 Å². The third-order valence-electron chi connectivity index (χ3n) is 5.57. The number of hydrogen-bond acceptors (Lipinski definition) is 3. The van der Waals surface area contributed by atoms with Crippen molar-refractivity contribution < 1.29 is 9.18 Å². The molecule has 0 saturated heterocycles. The van der Waals surface area contributed by atoms with Gasteiger partial charge in [0.25, 0.3) is 0 Å². The molecule has 4 rings (SSSR count). The second-order valence-corrected chi connectivity index (χ2v) is 8.18. The minimum Gasteiger partial charge on any atom is -0.326 e. The normalized spacial score (nSPS) is 19.5. The average molecular weight is 380 g/mol. The van der Waals surface area contributed by atoms with Crippen LogP contribution in [-0.2, 0) is 4.79 Å². The Balaban J connectivity index is 1.62. The van der Waals surface area contributed by atoms with E-state index >= 15 is 0 Å². The Labute approximate surface area is 164 Å². The molecule has 6 heteroatoms. The maximum Gasteiger partial charge on any atom is 0.227 e. The summed E-state index contributed by atoms with van der Waals surface area (Å²) in [5, 5.41) is 8.20. The molecule has 2 unspecified atom stereocenters. The minimum atomic E-state index is -0.399. The summed E-state index contributed by atoms with van der Waals surface area (Å²) in [5.41, 5.74) is 2.55. The third-order valence-corrected chi connectivity index (χ3v) is 5.57. The topological polar surface area (TPSA) is 59.8 Å². The molecule has 1 aromatic carbocycles. The molecule has 0 bridgehead atoms. The minimum absolute atomic E-state index is 0.00998. The fourth-order valence-corrected chi connectivity index (χ4v) is 3.83. The van der Waals surface area contributed by atoms with Crippen molar-refractivity contribution in [1.82, 2.24) is 14.8 Å². The van der Waals surface area contributed by atoms with Crippen LogP contribution in [0.1, 0.15) is 51.5 Å². The highest BCUT2D eigenvalue weighted by Gasteiger charge is 2.27. The molecule has 1 amide bonds. The Hall–Kier alpha value is -2.76. The number of nitrogens with one attached hydrogen (secondary N) is 1. The monoisotopic (exact) mass is 380 g/mol. The quantitative estimate of drug-likeness (QED) is 0.688. The van der Waals surface area contributed by atoms with Crippen molar-refractivity contribution in [3.05, 3.63) is 48.0 Å². The molecule has 2 aromatic heterocycles. The van der Waals surface area contributed by atoms with Crippen molar-refractivity contribution in [2.75, 3.05) is 5.32 Å². The maximum atomic E-state index is 14.5. The van der Waals surface area contributed by atoms with Crippen molar-refractivity contribution in [2.24, 2.45) is 11.8 Å². The molecule has 5 nitrogen and oxygen atoms in total. The zero-order chi connectivity index (χ0) is 19.8. The van der Waals surface area contributed by atoms with E-state index in [0.29, 0.717) is 28.9 Å². The fourth-order valence-electron chi connectivity index (χ4n) is 3.83. The molecule has 0 aliphatic heterocycles. The maximum absolute atomic E-state index is 14.5. The van der Waals surface area contributed by atoms with Gasteiger partial charge in [-0.1, -0.05) is 20.8 Å². The number of halogens is 1. The lowest BCUT2D eigenvalue weighted by molar-refractivity contribution is -0.119. The van der Waals surface area contributed by atoms with Crippen LogP contribution in [0.3, 0.4) is 0 Å². The first kappa shape index (κ1) is 18.6. The molecule has 1 saturated carbocycles. The number of fused-ring (bicyclic) bond motifs is 1. The predicted octanol–water partition coefficient (Wildman–Crippen LogP) is 5.06. The Morgan fingerprint density at radius 2 is 2.11 bits per heavy atom. The zero-order valence-corrected chi connectivity index (χ0v) is 16.4. The van der Waals surface area contributed by atoms with Crippen LogP contribution in [0.15, 0.2) is 36.7 Å². The van der Waals surface area contributed by atoms with Crippen LogP contribution in [-0.4, -0.2) is 20.7 Å². The highest BCUT2D eigenvalue weighted by molar-refractivity contribution is 5.93. The zero-order valence-electron chi connectivity index (χ0n) is 16.4. The van der Waals surface area contributed by atoms with E-state index in [4.69, 9.17) is 0 Å². The van der Waals surface area contributed by atoms with Gasteiger partial charge >= 0.3 is 0 Å². The van der Waals surface area contributed by atoms with Crippen LogP contribution in [0.5, 0.6) is 0 Å². The van der Waals surface area contributed by atoms with Gasteiger partial charge in [0.1, 0.15) is 11.5 Å². The molecule has 28 heavy (non-hydrogen) atoms. The number of nitrogens with zero attached hydrogens (tertiary/aromatic N) is 3. The second kappa shape index (κ2) is 7.34. The Morgan fingerprint density at radius 3 is 2.82 bits per heavy atom. The summed E-state index contributed by atoms with van der Waals surface area (Å²) in [6.07, 6.45) is 6.48. The van der Waals surface area contributed by atoms with E-state index < -0.39 is 5.82 Å². The van der Waals surface area contributed by atoms with Gasteiger partial charge in [0.2, 0.25) is 5.91 Å². The number of carbonyl (C=O) groups excluding carboxylic acids is 1. The second-order valence-electron chi connectivity index (χ2n) is 8.18. The standard InChI is InChI=1S/C22H25FN4O/c1-13(2)16-9-17-12-27(26-21(17)24-11-16)20-10-18(6-7-19(20)23)25-22(28)15-5-4-14(3)8-15/h6-7,9-15H,4-5,8H2,1-3H3,(H,25,28). The number of amides is 1. The van der Waals surface area contributed by atoms with E-state index in [1.807, 2.05) is 6.07 Å². The molecule has 1 fully saturated rings. The first-order chi connectivity index (χ1) is 13.4. The van der Waals surface area contributed by atoms with Gasteiger partial charge in [0.15, 0.2) is 5.65 Å². The summed E-state index contributed by atoms with van der Waals surface area (Å²) in [5.74, 6) is 0.586. The molecule has 1 aliphatic carbocycles. The molecule has 3 aromatic rings. The van der Waals surface area contributed by atoms with Crippen molar-refractivity contribution in [2.45, 2.75) is 46.0 Å². The summed E-state index contributed by atoms with van der Waals surface area (Å²) in [6.45, 7) is 6.37. The summed E-state index contributed by atoms with van der Waals surface area (Å²) >= 11 is 0. The van der Waals surface area contributed by atoms with E-state index in [1.165, 1.54) is 10.7 Å². The first-order valence-electron chi connectivity index (χ1n) is 9.87. The first-order valence-corrected chi connectivity index (χ1v) is 9.87. The smallest absolute Gasteiger partial charge is 0.227 e. The lowest BCUT2D eigenvalue weighted by Gasteiger charge is -2.12. The molecule has 1 aliphatic rings. The molecular formula is C22H25FN4O. The number of carbonyl (C=O) groups is 1. The fraction of sp³-hybridized carbons (Fsp3) is 0.409. The lowest BCUT2D eigenvalue weighted by atomic mass is 10.1. The van der Waals surface area contributed by atoms with Crippen LogP contribution < -0.4 is 5.32 Å². The molecule has 146 valence electrons. The number of aromatic nitrogens is 3. The largest absolute Gasteiger partial charge is 0.326 e. The van der Waals surface area contributed by atoms with Gasteiger partial charge in [-0.25, -0.2) is 14.1 Å². The number of benzene rings is 1. The Bertz CT molecular complexity index is 1030. The van der Waals surface area contributed by atoms with E-state index in [1.54, 1.807) is 24.5 Å². The van der Waals surface area contributed by atoms with E-state index in [-0.39, 0.29) is 11.8 Å². The molecule has 2 atom stereocenters. The van der Waals surface area contributed by atoms with Gasteiger partial charge in [-0.2, -0.15) is 0 Å².